The van der Waals surface area contributed by atoms with Crippen molar-refractivity contribution in [1.82, 2.24) is 25.1 Å². The van der Waals surface area contributed by atoms with Crippen LogP contribution in [0.4, 0.5) is 10.2 Å². The lowest BCUT2D eigenvalue weighted by molar-refractivity contribution is -0.125. The normalized spacial score (nSPS) is 16.5. The molecule has 3 heterocycles. The van der Waals surface area contributed by atoms with E-state index in [0.29, 0.717) is 17.9 Å². The number of carbonyl (C=O) groups is 1. The molecule has 1 aromatic carbocycles. The van der Waals surface area contributed by atoms with E-state index in [1.807, 2.05) is 26.0 Å². The number of hydrogen-bond donors (Lipinski definition) is 1. The van der Waals surface area contributed by atoms with Gasteiger partial charge in [0, 0.05) is 37.0 Å². The van der Waals surface area contributed by atoms with E-state index >= 15 is 0 Å². The highest BCUT2D eigenvalue weighted by Crippen LogP contribution is 2.23. The van der Waals surface area contributed by atoms with Gasteiger partial charge < -0.3 is 10.2 Å². The number of piperidine rings is 1. The van der Waals surface area contributed by atoms with E-state index in [1.54, 1.807) is 22.9 Å². The summed E-state index contributed by atoms with van der Waals surface area (Å²) < 4.78 is 15.6. The van der Waals surface area contributed by atoms with E-state index in [-0.39, 0.29) is 24.2 Å². The van der Waals surface area contributed by atoms with Gasteiger partial charge in [-0.25, -0.2) is 19.0 Å². The highest BCUT2D eigenvalue weighted by Gasteiger charge is 2.27. The van der Waals surface area contributed by atoms with Crippen molar-refractivity contribution in [3.8, 4) is 5.82 Å². The van der Waals surface area contributed by atoms with Gasteiger partial charge in [-0.1, -0.05) is 18.2 Å². The minimum atomic E-state index is -0.305. The summed E-state index contributed by atoms with van der Waals surface area (Å²) in [4.78, 5) is 23.6. The van der Waals surface area contributed by atoms with E-state index in [4.69, 9.17) is 0 Å². The number of halogens is 1. The second-order valence-electron chi connectivity index (χ2n) is 7.67. The lowest BCUT2D eigenvalue weighted by Gasteiger charge is -2.33. The fourth-order valence-electron chi connectivity index (χ4n) is 3.85. The van der Waals surface area contributed by atoms with Gasteiger partial charge in [-0.2, -0.15) is 5.10 Å². The van der Waals surface area contributed by atoms with Crippen molar-refractivity contribution in [2.75, 3.05) is 18.0 Å². The van der Waals surface area contributed by atoms with Crippen LogP contribution < -0.4 is 10.2 Å². The average Bonchev–Trinajstić information content (AvgIpc) is 3.11. The Bertz CT molecular complexity index is 1050. The highest BCUT2D eigenvalue weighted by molar-refractivity contribution is 5.79. The van der Waals surface area contributed by atoms with Crippen LogP contribution in [-0.4, -0.2) is 38.7 Å². The van der Waals surface area contributed by atoms with Crippen LogP contribution in [0.2, 0.25) is 0 Å². The highest BCUT2D eigenvalue weighted by atomic mass is 19.1. The molecule has 0 bridgehead atoms. The summed E-state index contributed by atoms with van der Waals surface area (Å²) in [7, 11) is 0. The molecule has 0 aliphatic carbocycles. The number of nitrogens with zero attached hydrogens (tertiary/aromatic N) is 5. The zero-order chi connectivity index (χ0) is 21.1. The minimum absolute atomic E-state index is 0.0595. The summed E-state index contributed by atoms with van der Waals surface area (Å²) in [5, 5.41) is 7.36. The van der Waals surface area contributed by atoms with Crippen molar-refractivity contribution < 1.29 is 9.18 Å². The van der Waals surface area contributed by atoms with Crippen molar-refractivity contribution in [3.63, 3.8) is 0 Å². The molecule has 1 saturated heterocycles. The smallest absolute Gasteiger partial charge is 0.225 e. The first-order valence-corrected chi connectivity index (χ1v) is 10.1. The largest absolute Gasteiger partial charge is 0.356 e. The molecule has 0 radical (unpaired) electrons. The number of benzene rings is 1. The summed E-state index contributed by atoms with van der Waals surface area (Å²) in [6, 6.07) is 10.4. The van der Waals surface area contributed by atoms with Crippen molar-refractivity contribution in [1.29, 1.82) is 0 Å². The topological polar surface area (TPSA) is 75.9 Å². The minimum Gasteiger partial charge on any atom is -0.356 e. The van der Waals surface area contributed by atoms with Gasteiger partial charge in [-0.3, -0.25) is 4.79 Å². The number of nitrogens with one attached hydrogen (secondary N) is 1. The van der Waals surface area contributed by atoms with Gasteiger partial charge in [-0.05, 0) is 38.8 Å². The van der Waals surface area contributed by atoms with Crippen molar-refractivity contribution in [2.45, 2.75) is 33.2 Å². The number of anilines is 1. The van der Waals surface area contributed by atoms with Gasteiger partial charge in [0.15, 0.2) is 5.82 Å². The van der Waals surface area contributed by atoms with Gasteiger partial charge in [0.25, 0.3) is 0 Å². The van der Waals surface area contributed by atoms with Crippen LogP contribution in [0.3, 0.4) is 0 Å². The summed E-state index contributed by atoms with van der Waals surface area (Å²) >= 11 is 0. The predicted molar refractivity (Wildman–Crippen MR) is 112 cm³/mol. The maximum absolute atomic E-state index is 13.8. The lowest BCUT2D eigenvalue weighted by Crippen LogP contribution is -2.43. The summed E-state index contributed by atoms with van der Waals surface area (Å²) in [5.41, 5.74) is 2.42. The first kappa shape index (κ1) is 20.0. The fraction of sp³-hybridized carbons (Fsp3) is 0.364. The van der Waals surface area contributed by atoms with Gasteiger partial charge >= 0.3 is 0 Å². The maximum atomic E-state index is 13.8. The van der Waals surface area contributed by atoms with Crippen LogP contribution in [-0.2, 0) is 11.3 Å². The summed E-state index contributed by atoms with van der Waals surface area (Å²) in [5.74, 6) is 0.949. The predicted octanol–water partition coefficient (Wildman–Crippen LogP) is 2.95. The standard InChI is InChI=1S/C22H25FN6O/c1-15-10-16(2)29(27-15)21-11-20(25-14-26-21)28-9-5-7-18(13-28)22(30)24-12-17-6-3-4-8-19(17)23/h3-4,6,8,10-11,14,18H,5,7,9,12-13H2,1-2H3,(H,24,30)/t18-/m0/s1. The Morgan fingerprint density at radius 1 is 1.20 bits per heavy atom. The monoisotopic (exact) mass is 408 g/mol. The number of rotatable bonds is 5. The fourth-order valence-corrected chi connectivity index (χ4v) is 3.85. The Morgan fingerprint density at radius 2 is 2.00 bits per heavy atom. The zero-order valence-electron chi connectivity index (χ0n) is 17.2. The van der Waals surface area contributed by atoms with E-state index in [1.165, 1.54) is 12.4 Å². The Morgan fingerprint density at radius 3 is 2.77 bits per heavy atom. The Balaban J connectivity index is 1.44. The maximum Gasteiger partial charge on any atom is 0.225 e. The molecule has 1 N–H and O–H groups in total. The molecule has 7 nitrogen and oxygen atoms in total. The van der Waals surface area contributed by atoms with Crippen LogP contribution in [0.15, 0.2) is 42.7 Å². The Kier molecular flexibility index (Phi) is 5.74. The van der Waals surface area contributed by atoms with Gasteiger partial charge in [0.1, 0.15) is 18.0 Å². The van der Waals surface area contributed by atoms with E-state index in [9.17, 15) is 9.18 Å². The third kappa shape index (κ3) is 4.32. The SMILES string of the molecule is Cc1cc(C)n(-c2cc(N3CCC[C@H](C(=O)NCc4ccccc4F)C3)ncn2)n1. The molecule has 0 unspecified atom stereocenters. The molecule has 0 spiro atoms. The molecule has 1 fully saturated rings. The van der Waals surface area contributed by atoms with Crippen LogP contribution in [0.25, 0.3) is 5.82 Å². The van der Waals surface area contributed by atoms with Crippen molar-refractivity contribution in [2.24, 2.45) is 5.92 Å². The first-order valence-electron chi connectivity index (χ1n) is 10.1. The van der Waals surface area contributed by atoms with E-state index < -0.39 is 0 Å². The molecule has 1 aliphatic heterocycles. The van der Waals surface area contributed by atoms with Crippen LogP contribution in [0.1, 0.15) is 29.8 Å². The number of amides is 1. The molecule has 8 heteroatoms. The number of carbonyl (C=O) groups excluding carboxylic acids is 1. The molecule has 1 amide bonds. The van der Waals surface area contributed by atoms with Crippen LogP contribution in [0.5, 0.6) is 0 Å². The van der Waals surface area contributed by atoms with E-state index in [0.717, 1.165) is 36.6 Å². The zero-order valence-corrected chi connectivity index (χ0v) is 17.2. The van der Waals surface area contributed by atoms with E-state index in [2.05, 4.69) is 25.3 Å². The van der Waals surface area contributed by atoms with Crippen molar-refractivity contribution >= 4 is 11.7 Å². The molecular weight excluding hydrogens is 383 g/mol. The number of aromatic nitrogens is 4. The summed E-state index contributed by atoms with van der Waals surface area (Å²) in [6.07, 6.45) is 3.22. The number of hydrogen-bond acceptors (Lipinski definition) is 5. The molecule has 4 rings (SSSR count). The Labute approximate surface area is 175 Å². The van der Waals surface area contributed by atoms with Gasteiger partial charge in [-0.15, -0.1) is 0 Å². The molecule has 1 aliphatic rings. The molecule has 30 heavy (non-hydrogen) atoms. The third-order valence-electron chi connectivity index (χ3n) is 5.39. The second kappa shape index (κ2) is 8.61. The second-order valence-corrected chi connectivity index (χ2v) is 7.67. The van der Waals surface area contributed by atoms with Crippen LogP contribution >= 0.6 is 0 Å². The molecule has 156 valence electrons. The molecule has 3 aromatic rings. The lowest BCUT2D eigenvalue weighted by atomic mass is 9.97. The third-order valence-corrected chi connectivity index (χ3v) is 5.39. The summed E-state index contributed by atoms with van der Waals surface area (Å²) in [6.45, 7) is 5.51. The van der Waals surface area contributed by atoms with Crippen molar-refractivity contribution in [3.05, 3.63) is 65.5 Å². The quantitative estimate of drug-likeness (QED) is 0.703. The molecule has 0 saturated carbocycles. The van der Waals surface area contributed by atoms with Gasteiger partial charge in [0.2, 0.25) is 5.91 Å². The average molecular weight is 408 g/mol. The molecule has 2 aromatic heterocycles. The molecular formula is C22H25FN6O. The van der Waals surface area contributed by atoms with Crippen LogP contribution in [0, 0.1) is 25.6 Å². The number of aryl methyl sites for hydroxylation is 2. The van der Waals surface area contributed by atoms with Gasteiger partial charge in [0.05, 0.1) is 11.6 Å². The molecule has 1 atom stereocenters. The Hall–Kier alpha value is -3.29. The first-order chi connectivity index (χ1) is 14.5.